The number of hydrogen-bond acceptors (Lipinski definition) is 8. The minimum Gasteiger partial charge on any atom is -0.480 e. The number of aliphatic hydroxyl groups is 2. The molecule has 3 saturated carbocycles. The largest absolute Gasteiger partial charge is 0.480 e. The lowest BCUT2D eigenvalue weighted by Gasteiger charge is -2.60. The Bertz CT molecular complexity index is 1110. The van der Waals surface area contributed by atoms with Crippen LogP contribution in [0.15, 0.2) is 11.6 Å². The Morgan fingerprint density at radius 3 is 2.45 bits per heavy atom. The number of carbonyl (C=O) groups excluding carboxylic acids is 4. The smallest absolute Gasteiger partial charge is 0.326 e. The van der Waals surface area contributed by atoms with E-state index in [1.807, 2.05) is 6.92 Å². The minimum atomic E-state index is -1.76. The predicted octanol–water partition coefficient (Wildman–Crippen LogP) is 2.34. The molecule has 10 heteroatoms. The number of carboxylic acids is 1. The summed E-state index contributed by atoms with van der Waals surface area (Å²) in [6, 6.07) is -1.07. The van der Waals surface area contributed by atoms with Gasteiger partial charge < -0.3 is 25.4 Å². The number of ether oxygens (including phenoxy) is 1. The Morgan fingerprint density at radius 1 is 1.10 bits per heavy atom. The molecule has 4 aliphatic carbocycles. The van der Waals surface area contributed by atoms with E-state index >= 15 is 0 Å². The average Bonchev–Trinajstić information content (AvgIpc) is 3.15. The summed E-state index contributed by atoms with van der Waals surface area (Å²) in [4.78, 5) is 61.1. The normalized spacial score (nSPS) is 37.5. The van der Waals surface area contributed by atoms with Crippen LogP contribution < -0.4 is 5.32 Å². The van der Waals surface area contributed by atoms with Crippen molar-refractivity contribution in [2.24, 2.45) is 34.5 Å². The van der Waals surface area contributed by atoms with Crippen molar-refractivity contribution >= 4 is 29.4 Å². The van der Waals surface area contributed by atoms with E-state index < -0.39 is 53.4 Å². The number of carbonyl (C=O) groups is 5. The highest BCUT2D eigenvalue weighted by atomic mass is 16.5. The number of aliphatic carboxylic acids is 1. The number of carboxylic acid groups (broad SMARTS) is 1. The van der Waals surface area contributed by atoms with Crippen LogP contribution in [-0.4, -0.2) is 69.1 Å². The molecule has 0 bridgehead atoms. The van der Waals surface area contributed by atoms with Gasteiger partial charge in [-0.1, -0.05) is 33.3 Å². The number of hydrogen-bond donors (Lipinski definition) is 4. The van der Waals surface area contributed by atoms with Crippen molar-refractivity contribution in [3.05, 3.63) is 11.6 Å². The molecular formula is C30H43NO9. The van der Waals surface area contributed by atoms with E-state index in [1.165, 1.54) is 0 Å². The highest BCUT2D eigenvalue weighted by Gasteiger charge is 2.68. The van der Waals surface area contributed by atoms with Gasteiger partial charge in [0.15, 0.2) is 12.4 Å². The summed E-state index contributed by atoms with van der Waals surface area (Å²) < 4.78 is 5.14. The van der Waals surface area contributed by atoms with Gasteiger partial charge in [-0.2, -0.15) is 0 Å². The summed E-state index contributed by atoms with van der Waals surface area (Å²) in [6.07, 6.45) is 4.20. The van der Waals surface area contributed by atoms with Gasteiger partial charge in [0.1, 0.15) is 11.6 Å². The molecule has 0 radical (unpaired) electrons. The molecule has 0 spiro atoms. The van der Waals surface area contributed by atoms with Crippen LogP contribution in [0, 0.1) is 34.5 Å². The standard InChI is InChI=1S/C30H43NO9/c1-16(2)26(27(37)38)31-23(35)7-8-24(36)40-15-22(34)30(39)12-10-20-19-6-5-17-13-18(32)9-11-28(17,3)25(19)21(33)14-29(20,30)4/h13,16,19-21,25-26,33,39H,5-12,14-15H2,1-4H3,(H,31,35)(H,37,38)/t19-,20+,21+,25-,26-,28-,29-,30-/m0/s1. The molecule has 0 saturated heterocycles. The maximum absolute atomic E-state index is 13.4. The number of Topliss-reactive ketones (excluding diaryl/α,β-unsaturated/α-hetero) is 1. The molecular weight excluding hydrogens is 518 g/mol. The zero-order valence-electron chi connectivity index (χ0n) is 23.9. The summed E-state index contributed by atoms with van der Waals surface area (Å²) in [6.45, 7) is 6.68. The van der Waals surface area contributed by atoms with Gasteiger partial charge in [-0.3, -0.25) is 19.2 Å². The first-order valence-electron chi connectivity index (χ1n) is 14.5. The highest BCUT2D eigenvalue weighted by Crippen LogP contribution is 2.67. The van der Waals surface area contributed by atoms with E-state index in [0.717, 1.165) is 18.4 Å². The first-order chi connectivity index (χ1) is 18.6. The number of amides is 1. The third-order valence-electron chi connectivity index (χ3n) is 10.7. The van der Waals surface area contributed by atoms with Crippen LogP contribution >= 0.6 is 0 Å². The molecule has 222 valence electrons. The molecule has 4 N–H and O–H groups in total. The van der Waals surface area contributed by atoms with E-state index in [-0.39, 0.29) is 60.6 Å². The molecule has 4 aliphatic rings. The lowest BCUT2D eigenvalue weighted by molar-refractivity contribution is -0.184. The summed E-state index contributed by atoms with van der Waals surface area (Å²) in [5, 5.41) is 34.8. The topological polar surface area (TPSA) is 167 Å². The number of rotatable bonds is 9. The third kappa shape index (κ3) is 5.13. The van der Waals surface area contributed by atoms with Crippen LogP contribution in [0.3, 0.4) is 0 Å². The Morgan fingerprint density at radius 2 is 1.80 bits per heavy atom. The molecule has 4 rings (SSSR count). The molecule has 0 aromatic carbocycles. The fourth-order valence-corrected chi connectivity index (χ4v) is 8.46. The highest BCUT2D eigenvalue weighted by molar-refractivity contribution is 5.92. The van der Waals surface area contributed by atoms with Gasteiger partial charge in [0.25, 0.3) is 0 Å². The molecule has 0 aliphatic heterocycles. The number of ketones is 2. The third-order valence-corrected chi connectivity index (χ3v) is 10.7. The van der Waals surface area contributed by atoms with Gasteiger partial charge in [0, 0.05) is 18.3 Å². The van der Waals surface area contributed by atoms with Gasteiger partial charge in [-0.15, -0.1) is 0 Å². The van der Waals surface area contributed by atoms with E-state index in [9.17, 15) is 39.3 Å². The lowest BCUT2D eigenvalue weighted by atomic mass is 9.45. The van der Waals surface area contributed by atoms with E-state index in [4.69, 9.17) is 4.74 Å². The van der Waals surface area contributed by atoms with Crippen molar-refractivity contribution in [3.8, 4) is 0 Å². The van der Waals surface area contributed by atoms with Crippen LogP contribution in [0.5, 0.6) is 0 Å². The molecule has 0 unspecified atom stereocenters. The fourth-order valence-electron chi connectivity index (χ4n) is 8.46. The van der Waals surface area contributed by atoms with Crippen LogP contribution in [0.1, 0.15) is 85.5 Å². The molecule has 8 atom stereocenters. The predicted molar refractivity (Wildman–Crippen MR) is 143 cm³/mol. The summed E-state index contributed by atoms with van der Waals surface area (Å²) in [7, 11) is 0. The second kappa shape index (κ2) is 11.0. The van der Waals surface area contributed by atoms with Gasteiger partial charge in [-0.05, 0) is 73.7 Å². The van der Waals surface area contributed by atoms with Crippen LogP contribution in [0.4, 0.5) is 0 Å². The second-order valence-electron chi connectivity index (χ2n) is 13.2. The fraction of sp³-hybridized carbons (Fsp3) is 0.767. The SMILES string of the molecule is CC(C)[C@H](NC(=O)CCC(=O)OCC(=O)[C@@]1(O)CC[C@@H]2[C@@H]3CCC4=CC(=O)CC[C@]4(C)[C@@H]3[C@H](O)C[C@@]21C)C(=O)O. The molecule has 1 amide bonds. The van der Waals surface area contributed by atoms with Crippen molar-refractivity contribution in [1.82, 2.24) is 5.32 Å². The maximum atomic E-state index is 13.4. The van der Waals surface area contributed by atoms with Crippen LogP contribution in [0.25, 0.3) is 0 Å². The van der Waals surface area contributed by atoms with Crippen molar-refractivity contribution in [2.45, 2.75) is 103 Å². The van der Waals surface area contributed by atoms with Crippen molar-refractivity contribution in [3.63, 3.8) is 0 Å². The van der Waals surface area contributed by atoms with Crippen molar-refractivity contribution in [1.29, 1.82) is 0 Å². The number of nitrogens with one attached hydrogen (secondary N) is 1. The first-order valence-corrected chi connectivity index (χ1v) is 14.5. The quantitative estimate of drug-likeness (QED) is 0.309. The molecule has 3 fully saturated rings. The molecule has 0 aromatic rings. The molecule has 40 heavy (non-hydrogen) atoms. The maximum Gasteiger partial charge on any atom is 0.326 e. The Kier molecular flexibility index (Phi) is 8.36. The summed E-state index contributed by atoms with van der Waals surface area (Å²) in [5.41, 5.74) is -1.81. The average molecular weight is 562 g/mol. The summed E-state index contributed by atoms with van der Waals surface area (Å²) in [5.74, 6) is -3.31. The van der Waals surface area contributed by atoms with Gasteiger partial charge in [0.05, 0.1) is 12.5 Å². The van der Waals surface area contributed by atoms with Crippen molar-refractivity contribution in [2.75, 3.05) is 6.61 Å². The van der Waals surface area contributed by atoms with Crippen LogP contribution in [0.2, 0.25) is 0 Å². The minimum absolute atomic E-state index is 0.00777. The van der Waals surface area contributed by atoms with E-state index in [2.05, 4.69) is 12.2 Å². The van der Waals surface area contributed by atoms with Gasteiger partial charge in [0.2, 0.25) is 11.7 Å². The first kappa shape index (κ1) is 30.4. The Balaban J connectivity index is 1.38. The number of allylic oxidation sites excluding steroid dienone is 1. The van der Waals surface area contributed by atoms with E-state index in [1.54, 1.807) is 19.9 Å². The zero-order chi connectivity index (χ0) is 29.6. The molecule has 10 nitrogen and oxygen atoms in total. The van der Waals surface area contributed by atoms with Crippen molar-refractivity contribution < 1.29 is 44.0 Å². The number of esters is 1. The van der Waals surface area contributed by atoms with E-state index in [0.29, 0.717) is 19.3 Å². The second-order valence-corrected chi connectivity index (χ2v) is 13.2. The molecule has 0 heterocycles. The lowest BCUT2D eigenvalue weighted by Crippen LogP contribution is -2.62. The number of fused-ring (bicyclic) bond motifs is 5. The van der Waals surface area contributed by atoms with Gasteiger partial charge >= 0.3 is 11.9 Å². The Labute approximate surface area is 234 Å². The Hall–Kier alpha value is -2.59. The summed E-state index contributed by atoms with van der Waals surface area (Å²) >= 11 is 0. The monoisotopic (exact) mass is 561 g/mol. The zero-order valence-corrected chi connectivity index (χ0v) is 23.9. The molecule has 0 aromatic heterocycles. The van der Waals surface area contributed by atoms with Gasteiger partial charge in [-0.25, -0.2) is 4.79 Å². The van der Waals surface area contributed by atoms with Crippen LogP contribution in [-0.2, 0) is 28.7 Å². The number of aliphatic hydroxyl groups excluding tert-OH is 1.